The van der Waals surface area contributed by atoms with Gasteiger partial charge < -0.3 is 5.32 Å². The molecule has 2 aromatic rings. The Morgan fingerprint density at radius 1 is 1.26 bits per heavy atom. The van der Waals surface area contributed by atoms with Crippen LogP contribution in [-0.4, -0.2) is 35.6 Å². The molecule has 1 N–H and O–H groups in total. The number of nitrogens with zero attached hydrogens (tertiary/aromatic N) is 2. The van der Waals surface area contributed by atoms with E-state index in [1.54, 1.807) is 11.3 Å². The molecule has 1 atom stereocenters. The SMILES string of the molecule is CCc1ccc(-c2nc(CN3CCNC[C@H]3C)cs2)cc1.Cl.Cl. The van der Waals surface area contributed by atoms with Crippen LogP contribution in [0.2, 0.25) is 0 Å². The van der Waals surface area contributed by atoms with E-state index in [0.29, 0.717) is 6.04 Å². The summed E-state index contributed by atoms with van der Waals surface area (Å²) in [7, 11) is 0. The molecule has 0 bridgehead atoms. The Bertz CT molecular complexity index is 586. The summed E-state index contributed by atoms with van der Waals surface area (Å²) in [5.74, 6) is 0. The van der Waals surface area contributed by atoms with Crippen molar-refractivity contribution in [3.8, 4) is 10.6 Å². The van der Waals surface area contributed by atoms with Crippen molar-refractivity contribution in [2.24, 2.45) is 0 Å². The van der Waals surface area contributed by atoms with Crippen LogP contribution in [-0.2, 0) is 13.0 Å². The van der Waals surface area contributed by atoms with Gasteiger partial charge in [-0.25, -0.2) is 4.98 Å². The van der Waals surface area contributed by atoms with Crippen LogP contribution in [0.5, 0.6) is 0 Å². The number of rotatable bonds is 4. The van der Waals surface area contributed by atoms with E-state index in [1.165, 1.54) is 16.8 Å². The highest BCUT2D eigenvalue weighted by atomic mass is 35.5. The number of halogens is 2. The molecular formula is C17H25Cl2N3S. The summed E-state index contributed by atoms with van der Waals surface area (Å²) in [4.78, 5) is 7.33. The number of piperazine rings is 1. The minimum Gasteiger partial charge on any atom is -0.314 e. The van der Waals surface area contributed by atoms with Crippen molar-refractivity contribution in [2.75, 3.05) is 19.6 Å². The first-order valence-electron chi connectivity index (χ1n) is 7.74. The van der Waals surface area contributed by atoms with Gasteiger partial charge in [0.05, 0.1) is 5.69 Å². The third-order valence-electron chi connectivity index (χ3n) is 4.16. The van der Waals surface area contributed by atoms with Gasteiger partial charge in [0.25, 0.3) is 0 Å². The second kappa shape index (κ2) is 9.60. The molecule has 1 aromatic carbocycles. The van der Waals surface area contributed by atoms with Gasteiger partial charge in [-0.05, 0) is 18.9 Å². The Morgan fingerprint density at radius 2 is 2.00 bits per heavy atom. The second-order valence-electron chi connectivity index (χ2n) is 5.72. The summed E-state index contributed by atoms with van der Waals surface area (Å²) in [6.45, 7) is 8.70. The topological polar surface area (TPSA) is 28.2 Å². The van der Waals surface area contributed by atoms with Gasteiger partial charge >= 0.3 is 0 Å². The van der Waals surface area contributed by atoms with Crippen molar-refractivity contribution in [3.63, 3.8) is 0 Å². The van der Waals surface area contributed by atoms with Crippen molar-refractivity contribution in [1.82, 2.24) is 15.2 Å². The molecule has 6 heteroatoms. The lowest BCUT2D eigenvalue weighted by Crippen LogP contribution is -2.49. The Hall–Kier alpha value is -0.650. The van der Waals surface area contributed by atoms with Crippen LogP contribution in [0.25, 0.3) is 10.6 Å². The third kappa shape index (κ3) is 5.16. The highest BCUT2D eigenvalue weighted by molar-refractivity contribution is 7.13. The lowest BCUT2D eigenvalue weighted by molar-refractivity contribution is 0.164. The zero-order valence-corrected chi connectivity index (χ0v) is 16.1. The first-order valence-corrected chi connectivity index (χ1v) is 8.62. The number of hydrogen-bond donors (Lipinski definition) is 1. The molecule has 3 rings (SSSR count). The molecule has 0 saturated carbocycles. The van der Waals surface area contributed by atoms with Gasteiger partial charge in [-0.1, -0.05) is 31.2 Å². The fourth-order valence-electron chi connectivity index (χ4n) is 2.72. The maximum absolute atomic E-state index is 4.82. The van der Waals surface area contributed by atoms with Gasteiger partial charge in [-0.2, -0.15) is 0 Å². The quantitative estimate of drug-likeness (QED) is 0.877. The second-order valence-corrected chi connectivity index (χ2v) is 6.58. The Labute approximate surface area is 155 Å². The maximum Gasteiger partial charge on any atom is 0.123 e. The molecule has 1 aromatic heterocycles. The zero-order chi connectivity index (χ0) is 14.7. The molecule has 1 aliphatic rings. The fourth-order valence-corrected chi connectivity index (χ4v) is 3.54. The highest BCUT2D eigenvalue weighted by Gasteiger charge is 2.18. The lowest BCUT2D eigenvalue weighted by atomic mass is 10.1. The molecule has 0 unspecified atom stereocenters. The summed E-state index contributed by atoms with van der Waals surface area (Å²) in [6, 6.07) is 9.38. The average Bonchev–Trinajstić information content (AvgIpc) is 2.98. The van der Waals surface area contributed by atoms with Crippen molar-refractivity contribution in [2.45, 2.75) is 32.9 Å². The van der Waals surface area contributed by atoms with Crippen LogP contribution in [0.1, 0.15) is 25.1 Å². The normalized spacial score (nSPS) is 18.1. The average molecular weight is 374 g/mol. The van der Waals surface area contributed by atoms with E-state index in [-0.39, 0.29) is 24.8 Å². The monoisotopic (exact) mass is 373 g/mol. The van der Waals surface area contributed by atoms with Crippen LogP contribution in [0.4, 0.5) is 0 Å². The van der Waals surface area contributed by atoms with Crippen molar-refractivity contribution in [1.29, 1.82) is 0 Å². The van der Waals surface area contributed by atoms with Gasteiger partial charge in [0.2, 0.25) is 0 Å². The first-order chi connectivity index (χ1) is 10.3. The number of thiazole rings is 1. The largest absolute Gasteiger partial charge is 0.314 e. The van der Waals surface area contributed by atoms with Gasteiger partial charge in [0.1, 0.15) is 5.01 Å². The van der Waals surface area contributed by atoms with E-state index in [2.05, 4.69) is 53.7 Å². The van der Waals surface area contributed by atoms with Crippen molar-refractivity contribution in [3.05, 3.63) is 40.9 Å². The number of nitrogens with one attached hydrogen (secondary N) is 1. The van der Waals surface area contributed by atoms with Gasteiger partial charge in [-0.3, -0.25) is 4.90 Å². The summed E-state index contributed by atoms with van der Waals surface area (Å²) in [6.07, 6.45) is 1.09. The molecule has 128 valence electrons. The zero-order valence-electron chi connectivity index (χ0n) is 13.6. The molecule has 1 aliphatic heterocycles. The van der Waals surface area contributed by atoms with Crippen LogP contribution >= 0.6 is 36.2 Å². The van der Waals surface area contributed by atoms with Gasteiger partial charge in [0, 0.05) is 43.2 Å². The number of benzene rings is 1. The minimum absolute atomic E-state index is 0. The fraction of sp³-hybridized carbons (Fsp3) is 0.471. The van der Waals surface area contributed by atoms with E-state index in [1.807, 2.05) is 0 Å². The molecular weight excluding hydrogens is 349 g/mol. The van der Waals surface area contributed by atoms with Crippen molar-refractivity contribution >= 4 is 36.2 Å². The van der Waals surface area contributed by atoms with E-state index < -0.39 is 0 Å². The molecule has 0 spiro atoms. The number of aryl methyl sites for hydroxylation is 1. The Morgan fingerprint density at radius 3 is 2.65 bits per heavy atom. The maximum atomic E-state index is 4.82. The summed E-state index contributed by atoms with van der Waals surface area (Å²) in [5, 5.41) is 6.77. The standard InChI is InChI=1S/C17H23N3S.2ClH/c1-3-14-4-6-15(7-5-14)17-19-16(12-21-17)11-20-9-8-18-10-13(20)2;;/h4-7,12-13,18H,3,8-11H2,1-2H3;2*1H/t13-;;/m1../s1. The molecule has 1 fully saturated rings. The molecule has 2 heterocycles. The van der Waals surface area contributed by atoms with Crippen LogP contribution in [0.15, 0.2) is 29.6 Å². The van der Waals surface area contributed by atoms with Crippen LogP contribution < -0.4 is 5.32 Å². The molecule has 23 heavy (non-hydrogen) atoms. The summed E-state index contributed by atoms with van der Waals surface area (Å²) < 4.78 is 0. The van der Waals surface area contributed by atoms with E-state index in [9.17, 15) is 0 Å². The predicted molar refractivity (Wildman–Crippen MR) is 104 cm³/mol. The van der Waals surface area contributed by atoms with E-state index in [0.717, 1.165) is 37.6 Å². The molecule has 0 aliphatic carbocycles. The van der Waals surface area contributed by atoms with E-state index in [4.69, 9.17) is 4.98 Å². The Balaban J connectivity index is 0.00000132. The summed E-state index contributed by atoms with van der Waals surface area (Å²) >= 11 is 1.75. The lowest BCUT2D eigenvalue weighted by Gasteiger charge is -2.33. The van der Waals surface area contributed by atoms with Crippen LogP contribution in [0.3, 0.4) is 0 Å². The molecule has 0 amide bonds. The number of hydrogen-bond acceptors (Lipinski definition) is 4. The molecule has 1 saturated heterocycles. The first kappa shape index (κ1) is 20.4. The molecule has 3 nitrogen and oxygen atoms in total. The van der Waals surface area contributed by atoms with Crippen LogP contribution in [0, 0.1) is 0 Å². The van der Waals surface area contributed by atoms with Gasteiger partial charge in [-0.15, -0.1) is 36.2 Å². The number of aromatic nitrogens is 1. The Kier molecular flexibility index (Phi) is 8.51. The molecule has 0 radical (unpaired) electrons. The minimum atomic E-state index is 0. The third-order valence-corrected chi connectivity index (χ3v) is 5.11. The highest BCUT2D eigenvalue weighted by Crippen LogP contribution is 2.25. The van der Waals surface area contributed by atoms with E-state index >= 15 is 0 Å². The van der Waals surface area contributed by atoms with Crippen molar-refractivity contribution < 1.29 is 0 Å². The predicted octanol–water partition coefficient (Wildman–Crippen LogP) is 4.01. The smallest absolute Gasteiger partial charge is 0.123 e. The van der Waals surface area contributed by atoms with Gasteiger partial charge in [0.15, 0.2) is 0 Å². The summed E-state index contributed by atoms with van der Waals surface area (Å²) in [5.41, 5.74) is 3.81.